The number of rotatable bonds is 21. The number of carbonyl (C=O) groups is 4. The Kier molecular flexibility index (Phi) is 17.3. The average molecular weight is 1020 g/mol. The zero-order valence-electron chi connectivity index (χ0n) is 42.1. The number of aliphatic imine (C=N–C) groups is 3. The van der Waals surface area contributed by atoms with E-state index in [4.69, 9.17) is 19.8 Å². The molecule has 8 bridgehead atoms. The Bertz CT molecular complexity index is 3080. The topological polar surface area (TPSA) is 304 Å². The van der Waals surface area contributed by atoms with Crippen molar-refractivity contribution in [3.8, 4) is 0 Å². The number of allylic oxidation sites excluding steroid dienone is 11. The second kappa shape index (κ2) is 23.6. The fraction of sp³-hybridized carbons (Fsp3) is 0.278. The van der Waals surface area contributed by atoms with E-state index in [-0.39, 0.29) is 49.5 Å². The maximum atomic E-state index is 13.7. The summed E-state index contributed by atoms with van der Waals surface area (Å²) in [6.07, 6.45) is 11.8. The van der Waals surface area contributed by atoms with Crippen molar-refractivity contribution in [2.45, 2.75) is 90.8 Å². The molecule has 5 heterocycles. The summed E-state index contributed by atoms with van der Waals surface area (Å²) in [6, 6.07) is 9.49. The van der Waals surface area contributed by atoms with E-state index in [1.807, 2.05) is 33.8 Å². The Labute approximate surface area is 434 Å². The van der Waals surface area contributed by atoms with Gasteiger partial charge in [0.15, 0.2) is 0 Å². The van der Waals surface area contributed by atoms with Gasteiger partial charge in [-0.25, -0.2) is 24.6 Å². The highest BCUT2D eigenvalue weighted by Gasteiger charge is 2.39. The summed E-state index contributed by atoms with van der Waals surface area (Å²) in [5.41, 5.74) is 11.3. The summed E-state index contributed by atoms with van der Waals surface area (Å²) in [4.78, 5) is 72.7. The van der Waals surface area contributed by atoms with E-state index in [1.165, 1.54) is 24.3 Å². The van der Waals surface area contributed by atoms with E-state index < -0.39 is 55.7 Å². The van der Waals surface area contributed by atoms with E-state index in [2.05, 4.69) is 28.0 Å². The first-order valence-corrected chi connectivity index (χ1v) is 24.3. The van der Waals surface area contributed by atoms with Crippen LogP contribution in [0.1, 0.15) is 71.4 Å². The van der Waals surface area contributed by atoms with E-state index in [0.29, 0.717) is 91.2 Å². The fourth-order valence-corrected chi connectivity index (χ4v) is 9.12. The van der Waals surface area contributed by atoms with Crippen LogP contribution in [0.3, 0.4) is 0 Å². The standard InChI is InChI=1S/C54H59B2N7O12/c1-7-36-29(3)40-25-41-30(4)37(17-19-50(64)62-47(52(66)67)23-32-9-13-34(14-10-32)55(71)72)43(58-41)27-44-38(18-20-51(65)63-48(53(68)69)24-33-11-15-35(16-12-33)56(73)74)31(5)42(59-44)26-46-39(21-22-57-75-8-2)54(6,70)49(61-46)28-45(36)60-40/h7,9-16,21-22,25-28,47-48,57,61,70-74H,1,8,17-20,23-24H2,2-6H3,(H,62,64)(H,63,65)(H,66,67)(H,68,69). The van der Waals surface area contributed by atoms with Crippen LogP contribution in [0.2, 0.25) is 0 Å². The minimum Gasteiger partial charge on any atom is -0.480 e. The third-order valence-corrected chi connectivity index (χ3v) is 13.5. The van der Waals surface area contributed by atoms with Gasteiger partial charge in [0.05, 0.1) is 46.5 Å². The van der Waals surface area contributed by atoms with Crippen LogP contribution < -0.4 is 32.4 Å². The van der Waals surface area contributed by atoms with Crippen molar-refractivity contribution in [1.29, 1.82) is 0 Å². The fourth-order valence-electron chi connectivity index (χ4n) is 9.12. The van der Waals surface area contributed by atoms with Gasteiger partial charge < -0.3 is 51.4 Å². The number of fused-ring (bicyclic) bond motifs is 5. The molecule has 0 saturated heterocycles. The largest absolute Gasteiger partial charge is 0.488 e. The van der Waals surface area contributed by atoms with Crippen molar-refractivity contribution >= 4 is 66.1 Å². The van der Waals surface area contributed by atoms with Gasteiger partial charge in [0.25, 0.3) is 0 Å². The average Bonchev–Trinajstić information content (AvgIpc) is 4.01. The van der Waals surface area contributed by atoms with Gasteiger partial charge in [0.1, 0.15) is 17.7 Å². The molecule has 0 aromatic heterocycles. The number of hydrogen-bond acceptors (Lipinski definition) is 15. The maximum absolute atomic E-state index is 13.7. The van der Waals surface area contributed by atoms with Crippen LogP contribution in [0.25, 0.3) is 0 Å². The van der Waals surface area contributed by atoms with E-state index >= 15 is 0 Å². The van der Waals surface area contributed by atoms with Crippen molar-refractivity contribution in [3.63, 3.8) is 0 Å². The molecule has 3 unspecified atom stereocenters. The molecule has 75 heavy (non-hydrogen) atoms. The van der Waals surface area contributed by atoms with Crippen LogP contribution in [0.5, 0.6) is 0 Å². The van der Waals surface area contributed by atoms with Crippen LogP contribution >= 0.6 is 0 Å². The van der Waals surface area contributed by atoms with E-state index in [9.17, 15) is 54.6 Å². The van der Waals surface area contributed by atoms with Crippen LogP contribution in [0, 0.1) is 0 Å². The molecule has 7 rings (SSSR count). The predicted octanol–water partition coefficient (Wildman–Crippen LogP) is 2.24. The summed E-state index contributed by atoms with van der Waals surface area (Å²) in [5, 5.41) is 79.2. The summed E-state index contributed by atoms with van der Waals surface area (Å²) < 4.78 is 0. The third kappa shape index (κ3) is 12.8. The molecule has 21 heteroatoms. The first kappa shape index (κ1) is 55.0. The second-order valence-electron chi connectivity index (χ2n) is 18.6. The lowest BCUT2D eigenvalue weighted by molar-refractivity contribution is -0.142. The smallest absolute Gasteiger partial charge is 0.480 e. The summed E-state index contributed by atoms with van der Waals surface area (Å²) in [6.45, 7) is 13.5. The highest BCUT2D eigenvalue weighted by atomic mass is 16.6. The van der Waals surface area contributed by atoms with Gasteiger partial charge in [-0.1, -0.05) is 61.2 Å². The molecule has 0 saturated carbocycles. The maximum Gasteiger partial charge on any atom is 0.488 e. The molecular formula is C54H59B2N7O12. The van der Waals surface area contributed by atoms with Crippen LogP contribution in [-0.2, 0) is 36.9 Å². The molecular weight excluding hydrogens is 960 g/mol. The summed E-state index contributed by atoms with van der Waals surface area (Å²) >= 11 is 0. The number of aliphatic hydroxyl groups is 1. The van der Waals surface area contributed by atoms with Gasteiger partial charge in [-0.05, 0) is 128 Å². The number of nitrogens with one attached hydrogen (secondary N) is 4. The number of benzene rings is 2. The molecule has 5 aliphatic rings. The first-order chi connectivity index (χ1) is 35.7. The van der Waals surface area contributed by atoms with Crippen LogP contribution in [0.4, 0.5) is 0 Å². The molecule has 0 aliphatic carbocycles. The van der Waals surface area contributed by atoms with Gasteiger partial charge in [-0.2, -0.15) is 0 Å². The number of amides is 2. The van der Waals surface area contributed by atoms with Crippen LogP contribution in [-0.4, -0.2) is 115 Å². The van der Waals surface area contributed by atoms with Gasteiger partial charge in [-0.3, -0.25) is 19.9 Å². The molecule has 2 aromatic carbocycles. The molecule has 19 nitrogen and oxygen atoms in total. The summed E-state index contributed by atoms with van der Waals surface area (Å²) in [7, 11) is -3.39. The van der Waals surface area contributed by atoms with E-state index in [0.717, 1.165) is 11.1 Å². The molecule has 0 radical (unpaired) electrons. The minimum atomic E-state index is -1.70. The molecule has 388 valence electrons. The molecule has 11 N–H and O–H groups in total. The highest BCUT2D eigenvalue weighted by Crippen LogP contribution is 2.40. The predicted molar refractivity (Wildman–Crippen MR) is 285 cm³/mol. The Morgan fingerprint density at radius 2 is 1.21 bits per heavy atom. The monoisotopic (exact) mass is 1020 g/mol. The molecule has 0 fully saturated rings. The Balaban J connectivity index is 1.26. The molecule has 3 atom stereocenters. The van der Waals surface area contributed by atoms with E-state index in [1.54, 1.807) is 67.8 Å². The van der Waals surface area contributed by atoms with Gasteiger partial charge in [-0.15, -0.1) is 0 Å². The lowest BCUT2D eigenvalue weighted by Crippen LogP contribution is -2.42. The molecule has 0 spiro atoms. The number of hydroxylamine groups is 1. The Morgan fingerprint density at radius 1 is 0.707 bits per heavy atom. The zero-order chi connectivity index (χ0) is 54.3. The Morgan fingerprint density at radius 3 is 1.73 bits per heavy atom. The molecule has 5 aliphatic heterocycles. The zero-order valence-corrected chi connectivity index (χ0v) is 42.1. The van der Waals surface area contributed by atoms with Gasteiger partial charge in [0.2, 0.25) is 11.8 Å². The SMILES string of the molecule is C=CC1=C(C)C2=CC3=NC(=CC4=NC(=CC5=C(C=CNOCC)C(C)(O)C(=CC1=N2)N5)C(C)=C4CCC(=O)NC(Cc1ccc(B(O)O)cc1)C(=O)O)C(CCC(=O)NC(Cc1ccc(B(O)O)cc1)C(=O)O)=C3C. The second-order valence-corrected chi connectivity index (χ2v) is 18.6. The van der Waals surface area contributed by atoms with Crippen molar-refractivity contribution in [1.82, 2.24) is 21.4 Å². The first-order valence-electron chi connectivity index (χ1n) is 24.3. The Hall–Kier alpha value is -7.78. The number of carboxylic acids is 2. The third-order valence-electron chi connectivity index (χ3n) is 13.5. The number of nitrogens with zero attached hydrogens (tertiary/aromatic N) is 3. The van der Waals surface area contributed by atoms with Crippen molar-refractivity contribution in [3.05, 3.63) is 176 Å². The summed E-state index contributed by atoms with van der Waals surface area (Å²) in [5.74, 6) is -3.61. The van der Waals surface area contributed by atoms with Crippen molar-refractivity contribution in [2.75, 3.05) is 6.61 Å². The van der Waals surface area contributed by atoms with Gasteiger partial charge >= 0.3 is 26.2 Å². The quantitative estimate of drug-likeness (QED) is 0.0486. The number of carbonyl (C=O) groups excluding carboxylic acids is 2. The lowest BCUT2D eigenvalue weighted by Gasteiger charge is -2.21. The van der Waals surface area contributed by atoms with Crippen LogP contribution in [0.15, 0.2) is 180 Å². The molecule has 2 aromatic rings. The minimum absolute atomic E-state index is 0.0641. The number of hydrogen-bond donors (Lipinski definition) is 11. The van der Waals surface area contributed by atoms with Crippen molar-refractivity contribution < 1.29 is 59.4 Å². The lowest BCUT2D eigenvalue weighted by atomic mass is 9.80. The molecule has 2 amide bonds. The van der Waals surface area contributed by atoms with Gasteiger partial charge in [0, 0.05) is 48.7 Å². The highest BCUT2D eigenvalue weighted by molar-refractivity contribution is 6.58. The normalized spacial score (nSPS) is 18.9. The van der Waals surface area contributed by atoms with Crippen molar-refractivity contribution in [2.24, 2.45) is 15.0 Å². The number of aliphatic carboxylic acids is 2. The number of carboxylic acid groups (broad SMARTS) is 2.